The van der Waals surface area contributed by atoms with Gasteiger partial charge in [0.2, 0.25) is 0 Å². The second kappa shape index (κ2) is 2.06. The lowest BCUT2D eigenvalue weighted by molar-refractivity contribution is -0.0840. The summed E-state index contributed by atoms with van der Waals surface area (Å²) in [7, 11) is 0. The van der Waals surface area contributed by atoms with Crippen molar-refractivity contribution in [1.82, 2.24) is 0 Å². The lowest BCUT2D eigenvalue weighted by Crippen LogP contribution is -2.46. The van der Waals surface area contributed by atoms with Gasteiger partial charge in [-0.05, 0) is 113 Å². The van der Waals surface area contributed by atoms with E-state index < -0.39 is 0 Å². The maximum absolute atomic E-state index is 12.1. The van der Waals surface area contributed by atoms with E-state index in [4.69, 9.17) is 0 Å². The van der Waals surface area contributed by atoms with Crippen molar-refractivity contribution in [2.24, 2.45) is 101 Å². The molecule has 0 saturated heterocycles. The monoisotopic (exact) mass is 278 g/mol. The lowest BCUT2D eigenvalue weighted by atomic mass is 9.68. The fourth-order valence-corrected chi connectivity index (χ4v) is 14.1. The third-order valence-corrected chi connectivity index (χ3v) is 12.7. The van der Waals surface area contributed by atoms with E-state index in [2.05, 4.69) is 0 Å². The fourth-order valence-electron chi connectivity index (χ4n) is 14.1. The molecule has 1 heteroatoms. The largest absolute Gasteiger partial charge is 0.389 e. The summed E-state index contributed by atoms with van der Waals surface area (Å²) in [6, 6.07) is 0. The number of aliphatic hydroxyl groups is 1. The molecule has 0 bridgehead atoms. The Morgan fingerprint density at radius 1 is 0.524 bits per heavy atom. The Labute approximate surface area is 124 Å². The molecule has 10 aliphatic rings. The van der Waals surface area contributed by atoms with E-state index in [9.17, 15) is 5.11 Å². The van der Waals surface area contributed by atoms with Crippen molar-refractivity contribution in [3.05, 3.63) is 0 Å². The summed E-state index contributed by atoms with van der Waals surface area (Å²) < 4.78 is 0. The Morgan fingerprint density at radius 2 is 1.00 bits per heavy atom. The van der Waals surface area contributed by atoms with Gasteiger partial charge in [-0.15, -0.1) is 0 Å². The van der Waals surface area contributed by atoms with Crippen LogP contribution in [0.3, 0.4) is 0 Å². The van der Waals surface area contributed by atoms with Crippen LogP contribution in [0.1, 0.15) is 12.8 Å². The molecule has 10 saturated carbocycles. The van der Waals surface area contributed by atoms with Crippen molar-refractivity contribution in [3.63, 3.8) is 0 Å². The highest BCUT2D eigenvalue weighted by molar-refractivity contribution is 5.42. The summed E-state index contributed by atoms with van der Waals surface area (Å²) in [5, 5.41) is 12.1. The molecule has 108 valence electrons. The normalized spacial score (nSPS) is 99.0. The third kappa shape index (κ3) is 0.496. The molecule has 1 N–H and O–H groups in total. The molecule has 0 aliphatic heterocycles. The number of fused-ring (bicyclic) bond motifs is 4. The minimum atomic E-state index is -0.136. The second-order valence-corrected chi connectivity index (χ2v) is 11.4. The van der Waals surface area contributed by atoms with E-state index in [1.807, 2.05) is 0 Å². The van der Waals surface area contributed by atoms with Crippen LogP contribution in [0.25, 0.3) is 0 Å². The molecule has 0 amide bonds. The van der Waals surface area contributed by atoms with Gasteiger partial charge in [0.05, 0.1) is 5.60 Å². The average Bonchev–Trinajstić information content (AvgIpc) is 3.11. The topological polar surface area (TPSA) is 20.2 Å². The molecular weight excluding hydrogens is 256 g/mol. The molecule has 21 heavy (non-hydrogen) atoms. The Morgan fingerprint density at radius 3 is 1.57 bits per heavy atom. The smallest absolute Gasteiger partial charge is 0.0743 e. The van der Waals surface area contributed by atoms with Gasteiger partial charge in [-0.3, -0.25) is 0 Å². The molecule has 18 atom stereocenters. The zero-order valence-electron chi connectivity index (χ0n) is 12.2. The van der Waals surface area contributed by atoms with Crippen molar-refractivity contribution in [1.29, 1.82) is 0 Å². The summed E-state index contributed by atoms with van der Waals surface area (Å²) in [6.07, 6.45) is 2.97. The highest BCUT2D eigenvalue weighted by Gasteiger charge is 2.95. The van der Waals surface area contributed by atoms with Gasteiger partial charge in [0.25, 0.3) is 0 Å². The Kier molecular flexibility index (Phi) is 0.914. The minimum Gasteiger partial charge on any atom is -0.389 e. The van der Waals surface area contributed by atoms with Gasteiger partial charge in [-0.2, -0.15) is 0 Å². The maximum Gasteiger partial charge on any atom is 0.0743 e. The number of rotatable bonds is 0. The molecule has 4 unspecified atom stereocenters. The van der Waals surface area contributed by atoms with E-state index in [0.717, 1.165) is 76.9 Å². The predicted molar refractivity (Wildman–Crippen MR) is 73.5 cm³/mol. The average molecular weight is 278 g/mol. The van der Waals surface area contributed by atoms with E-state index in [1.165, 1.54) is 36.5 Å². The number of hydrogen-bond acceptors (Lipinski definition) is 1. The van der Waals surface area contributed by atoms with Crippen LogP contribution in [0.2, 0.25) is 0 Å². The van der Waals surface area contributed by atoms with Gasteiger partial charge < -0.3 is 5.11 Å². The van der Waals surface area contributed by atoms with Gasteiger partial charge in [0, 0.05) is 0 Å². The van der Waals surface area contributed by atoms with Crippen LogP contribution in [-0.4, -0.2) is 10.7 Å². The molecule has 1 nitrogen and oxygen atoms in total. The van der Waals surface area contributed by atoms with Gasteiger partial charge >= 0.3 is 0 Å². The first-order valence-electron chi connectivity index (χ1n) is 10.1. The van der Waals surface area contributed by atoms with Gasteiger partial charge in [-0.1, -0.05) is 0 Å². The van der Waals surface area contributed by atoms with Crippen molar-refractivity contribution in [2.45, 2.75) is 18.4 Å². The van der Waals surface area contributed by atoms with E-state index in [0.29, 0.717) is 0 Å². The van der Waals surface area contributed by atoms with Crippen LogP contribution in [0.15, 0.2) is 0 Å². The number of hydrogen-bond donors (Lipinski definition) is 1. The first kappa shape index (κ1) is 9.30. The van der Waals surface area contributed by atoms with Crippen molar-refractivity contribution in [3.8, 4) is 0 Å². The summed E-state index contributed by atoms with van der Waals surface area (Å²) in [4.78, 5) is 0. The molecular formula is C20H22O. The van der Waals surface area contributed by atoms with Crippen LogP contribution >= 0.6 is 0 Å². The van der Waals surface area contributed by atoms with Crippen LogP contribution in [0.5, 0.6) is 0 Å². The molecule has 0 aromatic rings. The Bertz CT molecular complexity index is 635. The van der Waals surface area contributed by atoms with Crippen molar-refractivity contribution >= 4 is 0 Å². The third-order valence-electron chi connectivity index (χ3n) is 12.7. The zero-order valence-corrected chi connectivity index (χ0v) is 12.2. The summed E-state index contributed by atoms with van der Waals surface area (Å²) in [5.41, 5.74) is -0.136. The van der Waals surface area contributed by atoms with Crippen LogP contribution in [0.4, 0.5) is 0 Å². The van der Waals surface area contributed by atoms with Gasteiger partial charge in [0.15, 0.2) is 0 Å². The van der Waals surface area contributed by atoms with E-state index in [-0.39, 0.29) is 5.60 Å². The summed E-state index contributed by atoms with van der Waals surface area (Å²) >= 11 is 0. The lowest BCUT2D eigenvalue weighted by Gasteiger charge is -2.41. The standard InChI is InChI=1S/C20H22O/c21-20-5-1-3-7-4-2-6(20)11-9(4)14-12(7)13-8(3)10(5)17-15(13)16(14)18(11)19(17)20/h3-19,21H,1-2H2/t3-,4+,5-,6-,7?,8+,9-,10-,11-,12?,13+,14-,15+,16+,17-,18-,19?,20?/m1/s1. The predicted octanol–water partition coefficient (Wildman–Crippen LogP) is 2.11. The zero-order chi connectivity index (χ0) is 12.7. The first-order valence-corrected chi connectivity index (χ1v) is 10.1. The van der Waals surface area contributed by atoms with Crippen LogP contribution < -0.4 is 0 Å². The van der Waals surface area contributed by atoms with Crippen molar-refractivity contribution in [2.75, 3.05) is 0 Å². The Balaban J connectivity index is 1.50. The first-order chi connectivity index (χ1) is 10.3. The molecule has 10 aliphatic carbocycles. The van der Waals surface area contributed by atoms with E-state index >= 15 is 0 Å². The minimum absolute atomic E-state index is 0.136. The Hall–Kier alpha value is -0.0400. The highest BCUT2D eigenvalue weighted by Crippen LogP contribution is 2.97. The van der Waals surface area contributed by atoms with Gasteiger partial charge in [-0.25, -0.2) is 0 Å². The summed E-state index contributed by atoms with van der Waals surface area (Å²) in [5.74, 6) is 18.0. The van der Waals surface area contributed by atoms with Crippen molar-refractivity contribution < 1.29 is 5.11 Å². The molecule has 0 aromatic heterocycles. The SMILES string of the molecule is OC12C3[C@H]4[C@H]5[C@@H]6C7C([C@H]8C[C@@H]1[C@@H]4[C@@H]68)[C@@H]1C[C@@H]2[C@H]2[C@@H]3[C@H]5[C@@H]7[C@@H]21. The molecule has 10 fully saturated rings. The molecule has 0 aromatic carbocycles. The maximum atomic E-state index is 12.1. The second-order valence-electron chi connectivity index (χ2n) is 11.4. The summed E-state index contributed by atoms with van der Waals surface area (Å²) in [6.45, 7) is 0. The molecule has 0 spiro atoms. The molecule has 0 heterocycles. The fraction of sp³-hybridized carbons (Fsp3) is 1.00. The van der Waals surface area contributed by atoms with E-state index in [1.54, 1.807) is 0 Å². The quantitative estimate of drug-likeness (QED) is 0.719. The van der Waals surface area contributed by atoms with Crippen LogP contribution in [-0.2, 0) is 0 Å². The van der Waals surface area contributed by atoms with Gasteiger partial charge in [0.1, 0.15) is 0 Å². The molecule has 0 radical (unpaired) electrons. The molecule has 10 rings (SSSR count). The highest BCUT2D eigenvalue weighted by atomic mass is 16.3. The van der Waals surface area contributed by atoms with Crippen LogP contribution in [0, 0.1) is 101 Å².